The van der Waals surface area contributed by atoms with Gasteiger partial charge in [0.2, 0.25) is 5.82 Å². The minimum absolute atomic E-state index is 0.0713. The van der Waals surface area contributed by atoms with Crippen LogP contribution in [0.3, 0.4) is 0 Å². The third kappa shape index (κ3) is 3.45. The average Bonchev–Trinajstić information content (AvgIpc) is 3.28. The summed E-state index contributed by atoms with van der Waals surface area (Å²) in [7, 11) is 1.83. The molecule has 2 aliphatic rings. The van der Waals surface area contributed by atoms with Crippen LogP contribution >= 0.6 is 0 Å². The molecule has 29 heavy (non-hydrogen) atoms. The highest BCUT2D eigenvalue weighted by atomic mass is 16.2. The Morgan fingerprint density at radius 2 is 2.03 bits per heavy atom. The van der Waals surface area contributed by atoms with Crippen molar-refractivity contribution in [1.29, 1.82) is 0 Å². The summed E-state index contributed by atoms with van der Waals surface area (Å²) < 4.78 is 2.00. The van der Waals surface area contributed by atoms with Gasteiger partial charge in [0.15, 0.2) is 0 Å². The van der Waals surface area contributed by atoms with Crippen molar-refractivity contribution in [3.63, 3.8) is 0 Å². The highest BCUT2D eigenvalue weighted by Gasteiger charge is 2.36. The first-order chi connectivity index (χ1) is 14.0. The molecule has 0 bridgehead atoms. The zero-order valence-electron chi connectivity index (χ0n) is 17.6. The lowest BCUT2D eigenvalue weighted by molar-refractivity contribution is 0.0786. The Labute approximate surface area is 172 Å². The van der Waals surface area contributed by atoms with Gasteiger partial charge in [-0.2, -0.15) is 0 Å². The molecule has 3 heterocycles. The summed E-state index contributed by atoms with van der Waals surface area (Å²) in [5, 5.41) is 0. The molecule has 4 rings (SSSR count). The fraction of sp³-hybridized carbons (Fsp3) is 0.522. The molecular formula is C23H30N4O2. The van der Waals surface area contributed by atoms with E-state index in [4.69, 9.17) is 0 Å². The third-order valence-electron chi connectivity index (χ3n) is 6.13. The minimum atomic E-state index is -0.0964. The van der Waals surface area contributed by atoms with Crippen LogP contribution in [0.25, 0.3) is 0 Å². The number of hydrogen-bond donors (Lipinski definition) is 0. The van der Waals surface area contributed by atoms with E-state index in [0.29, 0.717) is 18.1 Å². The molecule has 1 atom stereocenters. The number of hydrogen-bond acceptors (Lipinski definition) is 3. The number of anilines is 1. The number of imidazole rings is 1. The van der Waals surface area contributed by atoms with Crippen LogP contribution in [0.2, 0.25) is 0 Å². The molecule has 0 saturated carbocycles. The first-order valence-corrected chi connectivity index (χ1v) is 10.8. The summed E-state index contributed by atoms with van der Waals surface area (Å²) in [6.07, 6.45) is 5.69. The third-order valence-corrected chi connectivity index (χ3v) is 6.13. The van der Waals surface area contributed by atoms with Crippen molar-refractivity contribution < 1.29 is 9.59 Å². The molecule has 154 valence electrons. The Balaban J connectivity index is 1.70. The monoisotopic (exact) mass is 394 g/mol. The van der Waals surface area contributed by atoms with Crippen LogP contribution in [-0.4, -0.2) is 45.9 Å². The first kappa shape index (κ1) is 19.7. The zero-order valence-corrected chi connectivity index (χ0v) is 17.6. The Kier molecular flexibility index (Phi) is 5.43. The smallest absolute Gasteiger partial charge is 0.294 e. The molecule has 0 fully saturated rings. The molecule has 2 amide bonds. The molecule has 2 aliphatic heterocycles. The number of carbonyl (C=O) groups is 2. The first-order valence-electron chi connectivity index (χ1n) is 10.8. The SMILES string of the molecule is CCCCN(C)C(=O)c1nc(C(=O)N2c3ccccc3CC2C)n2c1CCCC2. The average molecular weight is 395 g/mol. The number of rotatable bonds is 5. The topological polar surface area (TPSA) is 58.4 Å². The predicted octanol–water partition coefficient (Wildman–Crippen LogP) is 3.68. The summed E-state index contributed by atoms with van der Waals surface area (Å²) in [4.78, 5) is 34.9. The van der Waals surface area contributed by atoms with Gasteiger partial charge in [-0.3, -0.25) is 9.59 Å². The summed E-state index contributed by atoms with van der Waals surface area (Å²) in [6.45, 7) is 5.64. The summed E-state index contributed by atoms with van der Waals surface area (Å²) >= 11 is 0. The Morgan fingerprint density at radius 1 is 1.24 bits per heavy atom. The maximum atomic E-state index is 13.6. The maximum absolute atomic E-state index is 13.6. The number of amides is 2. The van der Waals surface area contributed by atoms with Crippen LogP contribution in [0.5, 0.6) is 0 Å². The van der Waals surface area contributed by atoms with Crippen molar-refractivity contribution in [2.45, 2.75) is 65.0 Å². The lowest BCUT2D eigenvalue weighted by atomic mass is 10.1. The highest BCUT2D eigenvalue weighted by Crippen LogP contribution is 2.34. The number of aromatic nitrogens is 2. The molecular weight excluding hydrogens is 364 g/mol. The molecule has 1 aromatic carbocycles. The van der Waals surface area contributed by atoms with E-state index in [9.17, 15) is 9.59 Å². The number of nitrogens with zero attached hydrogens (tertiary/aromatic N) is 4. The van der Waals surface area contributed by atoms with E-state index < -0.39 is 0 Å². The van der Waals surface area contributed by atoms with E-state index in [0.717, 1.165) is 56.5 Å². The van der Waals surface area contributed by atoms with Crippen molar-refractivity contribution in [3.05, 3.63) is 47.0 Å². The molecule has 0 saturated heterocycles. The second-order valence-electron chi connectivity index (χ2n) is 8.28. The molecule has 0 radical (unpaired) electrons. The summed E-state index contributed by atoms with van der Waals surface area (Å²) in [6, 6.07) is 8.15. The van der Waals surface area contributed by atoms with E-state index in [1.807, 2.05) is 34.7 Å². The van der Waals surface area contributed by atoms with Crippen molar-refractivity contribution in [1.82, 2.24) is 14.5 Å². The van der Waals surface area contributed by atoms with Crippen molar-refractivity contribution in [3.8, 4) is 0 Å². The number of benzene rings is 1. The van der Waals surface area contributed by atoms with Gasteiger partial charge >= 0.3 is 0 Å². The standard InChI is InChI=1S/C23H30N4O2/c1-4-5-13-25(3)22(28)20-19-12-8-9-14-26(19)21(24-20)23(29)27-16(2)15-17-10-6-7-11-18(17)27/h6-7,10-11,16H,4-5,8-9,12-15H2,1-3H3. The second-order valence-corrected chi connectivity index (χ2v) is 8.28. The summed E-state index contributed by atoms with van der Waals surface area (Å²) in [5.41, 5.74) is 3.54. The predicted molar refractivity (Wildman–Crippen MR) is 113 cm³/mol. The van der Waals surface area contributed by atoms with E-state index >= 15 is 0 Å². The van der Waals surface area contributed by atoms with E-state index in [-0.39, 0.29) is 17.9 Å². The number of fused-ring (bicyclic) bond motifs is 2. The van der Waals surface area contributed by atoms with Gasteiger partial charge in [-0.05, 0) is 50.7 Å². The van der Waals surface area contributed by atoms with Gasteiger partial charge in [-0.15, -0.1) is 0 Å². The molecule has 0 spiro atoms. The number of para-hydroxylation sites is 1. The van der Waals surface area contributed by atoms with Crippen LogP contribution in [0.15, 0.2) is 24.3 Å². The summed E-state index contributed by atoms with van der Waals surface area (Å²) in [5.74, 6) is 0.245. The number of unbranched alkanes of at least 4 members (excludes halogenated alkanes) is 1. The lowest BCUT2D eigenvalue weighted by Gasteiger charge is -2.24. The van der Waals surface area contributed by atoms with Crippen LogP contribution in [0, 0.1) is 0 Å². The fourth-order valence-corrected chi connectivity index (χ4v) is 4.54. The van der Waals surface area contributed by atoms with E-state index in [1.54, 1.807) is 4.90 Å². The van der Waals surface area contributed by atoms with Crippen molar-refractivity contribution in [2.24, 2.45) is 0 Å². The molecule has 0 N–H and O–H groups in total. The van der Waals surface area contributed by atoms with Gasteiger partial charge in [0, 0.05) is 31.9 Å². The van der Waals surface area contributed by atoms with Crippen molar-refractivity contribution in [2.75, 3.05) is 18.5 Å². The van der Waals surface area contributed by atoms with Crippen LogP contribution in [0.1, 0.15) is 71.9 Å². The molecule has 0 aliphatic carbocycles. The molecule has 1 unspecified atom stereocenters. The largest absolute Gasteiger partial charge is 0.340 e. The Bertz CT molecular complexity index is 933. The molecule has 1 aromatic heterocycles. The fourth-order valence-electron chi connectivity index (χ4n) is 4.54. The van der Waals surface area contributed by atoms with Gasteiger partial charge in [0.25, 0.3) is 11.8 Å². The van der Waals surface area contributed by atoms with Gasteiger partial charge in [-0.1, -0.05) is 31.5 Å². The zero-order chi connectivity index (χ0) is 20.5. The van der Waals surface area contributed by atoms with E-state index in [2.05, 4.69) is 24.9 Å². The molecule has 2 aromatic rings. The maximum Gasteiger partial charge on any atom is 0.294 e. The van der Waals surface area contributed by atoms with Gasteiger partial charge in [0.1, 0.15) is 5.69 Å². The van der Waals surface area contributed by atoms with Gasteiger partial charge in [-0.25, -0.2) is 4.98 Å². The van der Waals surface area contributed by atoms with Crippen molar-refractivity contribution >= 4 is 17.5 Å². The highest BCUT2D eigenvalue weighted by molar-refractivity contribution is 6.07. The lowest BCUT2D eigenvalue weighted by Crippen LogP contribution is -2.37. The molecule has 6 heteroatoms. The van der Waals surface area contributed by atoms with Crippen LogP contribution in [0.4, 0.5) is 5.69 Å². The van der Waals surface area contributed by atoms with Crippen LogP contribution < -0.4 is 4.90 Å². The van der Waals surface area contributed by atoms with Crippen LogP contribution in [-0.2, 0) is 19.4 Å². The second kappa shape index (κ2) is 8.01. The normalized spacial score (nSPS) is 17.8. The number of carbonyl (C=O) groups excluding carboxylic acids is 2. The Morgan fingerprint density at radius 3 is 2.83 bits per heavy atom. The van der Waals surface area contributed by atoms with Gasteiger partial charge in [0.05, 0.1) is 5.69 Å². The van der Waals surface area contributed by atoms with Gasteiger partial charge < -0.3 is 14.4 Å². The van der Waals surface area contributed by atoms with E-state index in [1.165, 1.54) is 5.56 Å². The Hall–Kier alpha value is -2.63. The molecule has 6 nitrogen and oxygen atoms in total. The minimum Gasteiger partial charge on any atom is -0.340 e. The quantitative estimate of drug-likeness (QED) is 0.777.